The Morgan fingerprint density at radius 3 is 1.96 bits per heavy atom. The fourth-order valence-electron chi connectivity index (χ4n) is 2.32. The summed E-state index contributed by atoms with van der Waals surface area (Å²) in [5.74, 6) is -0.687. The number of hydrogen-bond donors (Lipinski definition) is 0. The number of nitrogens with zero attached hydrogens (tertiary/aromatic N) is 1. The van der Waals surface area contributed by atoms with Crippen molar-refractivity contribution in [1.82, 2.24) is 4.90 Å². The van der Waals surface area contributed by atoms with E-state index in [0.717, 1.165) is 7.05 Å². The van der Waals surface area contributed by atoms with E-state index in [1.165, 1.54) is 12.1 Å². The lowest BCUT2D eigenvalue weighted by Gasteiger charge is -2.32. The Kier molecular flexibility index (Phi) is 4.76. The molecule has 132 valence electrons. The van der Waals surface area contributed by atoms with E-state index < -0.39 is 36.9 Å². The first-order valence-corrected chi connectivity index (χ1v) is 7.60. The number of carbonyl (C=O) groups excluding carboxylic acids is 1. The van der Waals surface area contributed by atoms with Crippen LogP contribution in [0, 0.1) is 0 Å². The minimum Gasteiger partial charge on any atom is -0.399 e. The van der Waals surface area contributed by atoms with Gasteiger partial charge in [0.25, 0.3) is 5.91 Å². The number of hydrogen-bond acceptors (Lipinski definition) is 3. The van der Waals surface area contributed by atoms with Crippen LogP contribution in [0.1, 0.15) is 38.1 Å². The summed E-state index contributed by atoms with van der Waals surface area (Å²) < 4.78 is 48.9. The quantitative estimate of drug-likeness (QED) is 0.792. The van der Waals surface area contributed by atoms with Gasteiger partial charge in [0, 0.05) is 12.6 Å². The Bertz CT molecular complexity index is 598. The van der Waals surface area contributed by atoms with Crippen LogP contribution in [-0.2, 0) is 9.31 Å². The zero-order valence-electron chi connectivity index (χ0n) is 14.4. The SMILES string of the molecule is CN(CC(F)(F)F)C(=O)c1ccc(B2OC(C)(C)C(C)(C)O2)cc1. The van der Waals surface area contributed by atoms with Crippen molar-refractivity contribution in [3.05, 3.63) is 29.8 Å². The highest BCUT2D eigenvalue weighted by Gasteiger charge is 2.51. The molecule has 1 heterocycles. The van der Waals surface area contributed by atoms with Crippen LogP contribution in [-0.4, -0.2) is 48.9 Å². The lowest BCUT2D eigenvalue weighted by molar-refractivity contribution is -0.138. The Labute approximate surface area is 140 Å². The molecule has 0 saturated carbocycles. The van der Waals surface area contributed by atoms with Crippen LogP contribution in [0.25, 0.3) is 0 Å². The number of halogens is 3. The van der Waals surface area contributed by atoms with Gasteiger partial charge in [0.15, 0.2) is 0 Å². The molecule has 8 heteroatoms. The van der Waals surface area contributed by atoms with Gasteiger partial charge in [-0.2, -0.15) is 13.2 Å². The van der Waals surface area contributed by atoms with E-state index in [4.69, 9.17) is 9.31 Å². The minimum atomic E-state index is -4.42. The number of carbonyl (C=O) groups is 1. The summed E-state index contributed by atoms with van der Waals surface area (Å²) in [7, 11) is 0.546. The van der Waals surface area contributed by atoms with Crippen molar-refractivity contribution in [2.24, 2.45) is 0 Å². The Balaban J connectivity index is 2.10. The highest BCUT2D eigenvalue weighted by Crippen LogP contribution is 2.36. The molecule has 0 bridgehead atoms. The molecule has 1 aromatic carbocycles. The molecule has 2 rings (SSSR count). The third kappa shape index (κ3) is 3.92. The van der Waals surface area contributed by atoms with Crippen molar-refractivity contribution in [2.75, 3.05) is 13.6 Å². The standard InChI is InChI=1S/C16H21BF3NO3/c1-14(2)15(3,4)24-17(23-14)12-8-6-11(7-9-12)13(22)21(5)10-16(18,19)20/h6-9H,10H2,1-5H3. The summed E-state index contributed by atoms with van der Waals surface area (Å²) >= 11 is 0. The second-order valence-corrected chi connectivity index (χ2v) is 6.99. The molecule has 1 aliphatic rings. The van der Waals surface area contributed by atoms with Crippen molar-refractivity contribution < 1.29 is 27.3 Å². The van der Waals surface area contributed by atoms with Crippen LogP contribution in [0.5, 0.6) is 0 Å². The normalized spacial score (nSPS) is 19.4. The maximum absolute atomic E-state index is 12.4. The summed E-state index contributed by atoms with van der Waals surface area (Å²) in [6.07, 6.45) is -4.42. The third-order valence-corrected chi connectivity index (χ3v) is 4.45. The Morgan fingerprint density at radius 2 is 1.54 bits per heavy atom. The summed E-state index contributed by atoms with van der Waals surface area (Å²) in [6.45, 7) is 6.42. The second kappa shape index (κ2) is 6.08. The van der Waals surface area contributed by atoms with Gasteiger partial charge in [0.2, 0.25) is 0 Å². The van der Waals surface area contributed by atoms with Crippen LogP contribution in [0.15, 0.2) is 24.3 Å². The number of benzene rings is 1. The molecule has 0 unspecified atom stereocenters. The number of alkyl halides is 3. The molecule has 0 atom stereocenters. The minimum absolute atomic E-state index is 0.182. The van der Waals surface area contributed by atoms with Gasteiger partial charge in [0.05, 0.1) is 11.2 Å². The molecule has 0 radical (unpaired) electrons. The zero-order valence-corrected chi connectivity index (χ0v) is 14.4. The van der Waals surface area contributed by atoms with Gasteiger partial charge in [0.1, 0.15) is 6.54 Å². The van der Waals surface area contributed by atoms with Crippen molar-refractivity contribution in [1.29, 1.82) is 0 Å². The Morgan fingerprint density at radius 1 is 1.08 bits per heavy atom. The average molecular weight is 343 g/mol. The van der Waals surface area contributed by atoms with E-state index >= 15 is 0 Å². The summed E-state index contributed by atoms with van der Waals surface area (Å²) in [5.41, 5.74) is -0.0799. The van der Waals surface area contributed by atoms with Gasteiger partial charge in [-0.15, -0.1) is 0 Å². The first-order chi connectivity index (χ1) is 10.8. The molecule has 1 amide bonds. The van der Waals surface area contributed by atoms with E-state index in [2.05, 4.69) is 0 Å². The predicted octanol–water partition coefficient (Wildman–Crippen LogP) is 2.62. The Hall–Kier alpha value is -1.54. The van der Waals surface area contributed by atoms with Crippen LogP contribution < -0.4 is 5.46 Å². The molecule has 1 aromatic rings. The fraction of sp³-hybridized carbons (Fsp3) is 0.562. The van der Waals surface area contributed by atoms with E-state index in [-0.39, 0.29) is 5.56 Å². The number of rotatable bonds is 3. The highest BCUT2D eigenvalue weighted by molar-refractivity contribution is 6.62. The molecule has 0 N–H and O–H groups in total. The van der Waals surface area contributed by atoms with Crippen molar-refractivity contribution >= 4 is 18.5 Å². The first kappa shape index (κ1) is 18.8. The average Bonchev–Trinajstić information content (AvgIpc) is 2.65. The van der Waals surface area contributed by atoms with Crippen molar-refractivity contribution in [3.63, 3.8) is 0 Å². The molecule has 1 fully saturated rings. The first-order valence-electron chi connectivity index (χ1n) is 7.60. The molecular formula is C16H21BF3NO3. The fourth-order valence-corrected chi connectivity index (χ4v) is 2.32. The molecule has 0 spiro atoms. The monoisotopic (exact) mass is 343 g/mol. The maximum Gasteiger partial charge on any atom is 0.494 e. The van der Waals surface area contributed by atoms with E-state index in [1.54, 1.807) is 12.1 Å². The van der Waals surface area contributed by atoms with Crippen LogP contribution in [0.3, 0.4) is 0 Å². The largest absolute Gasteiger partial charge is 0.494 e. The lowest BCUT2D eigenvalue weighted by atomic mass is 9.79. The van der Waals surface area contributed by atoms with E-state index in [9.17, 15) is 18.0 Å². The highest BCUT2D eigenvalue weighted by atomic mass is 19.4. The molecule has 24 heavy (non-hydrogen) atoms. The summed E-state index contributed by atoms with van der Waals surface area (Å²) in [6, 6.07) is 6.23. The zero-order chi connectivity index (χ0) is 18.3. The van der Waals surface area contributed by atoms with Gasteiger partial charge in [-0.1, -0.05) is 12.1 Å². The third-order valence-electron chi connectivity index (χ3n) is 4.45. The molecule has 1 saturated heterocycles. The van der Waals surface area contributed by atoms with Gasteiger partial charge in [-0.3, -0.25) is 4.79 Å². The molecular weight excluding hydrogens is 322 g/mol. The van der Waals surface area contributed by atoms with Crippen LogP contribution in [0.4, 0.5) is 13.2 Å². The lowest BCUT2D eigenvalue weighted by Crippen LogP contribution is -2.41. The predicted molar refractivity (Wildman–Crippen MR) is 85.2 cm³/mol. The molecule has 1 aliphatic heterocycles. The second-order valence-electron chi connectivity index (χ2n) is 6.99. The van der Waals surface area contributed by atoms with Crippen LogP contribution in [0.2, 0.25) is 0 Å². The van der Waals surface area contributed by atoms with Gasteiger partial charge < -0.3 is 14.2 Å². The van der Waals surface area contributed by atoms with Crippen LogP contribution >= 0.6 is 0 Å². The summed E-state index contributed by atoms with van der Waals surface area (Å²) in [5, 5.41) is 0. The van der Waals surface area contributed by atoms with Gasteiger partial charge in [-0.05, 0) is 45.3 Å². The molecule has 4 nitrogen and oxygen atoms in total. The van der Waals surface area contributed by atoms with Crippen molar-refractivity contribution in [2.45, 2.75) is 45.1 Å². The molecule has 0 aromatic heterocycles. The summed E-state index contributed by atoms with van der Waals surface area (Å²) in [4.78, 5) is 12.7. The molecule has 0 aliphatic carbocycles. The maximum atomic E-state index is 12.4. The van der Waals surface area contributed by atoms with E-state index in [1.807, 2.05) is 27.7 Å². The van der Waals surface area contributed by atoms with Gasteiger partial charge in [-0.25, -0.2) is 0 Å². The van der Waals surface area contributed by atoms with E-state index in [0.29, 0.717) is 10.4 Å². The van der Waals surface area contributed by atoms with Crippen molar-refractivity contribution in [3.8, 4) is 0 Å². The topological polar surface area (TPSA) is 38.8 Å². The smallest absolute Gasteiger partial charge is 0.399 e. The number of amides is 1. The van der Waals surface area contributed by atoms with Gasteiger partial charge >= 0.3 is 13.3 Å².